The van der Waals surface area contributed by atoms with Crippen LogP contribution in [0.15, 0.2) is 54.7 Å². The minimum absolute atomic E-state index is 0. The van der Waals surface area contributed by atoms with Crippen LogP contribution in [0.2, 0.25) is 0 Å². The van der Waals surface area contributed by atoms with Crippen LogP contribution in [0.3, 0.4) is 0 Å². The average molecular weight is 273 g/mol. The number of nitrogens with zero attached hydrogens (tertiary/aromatic N) is 1. The molecule has 1 aromatic carbocycles. The van der Waals surface area contributed by atoms with Gasteiger partial charge in [0.15, 0.2) is 0 Å². The fourth-order valence-electron chi connectivity index (χ4n) is 1.42. The van der Waals surface area contributed by atoms with Gasteiger partial charge in [-0.3, -0.25) is 17.8 Å². The molecule has 1 aromatic heterocycles. The number of hydrogen-bond acceptors (Lipinski definition) is 1. The van der Waals surface area contributed by atoms with E-state index in [1.54, 1.807) is 11.8 Å². The zero-order chi connectivity index (χ0) is 13.4. The molecule has 7 heteroatoms. The molecule has 0 saturated heterocycles. The Balaban J connectivity index is 0.000000576. The number of halogens is 4. The van der Waals surface area contributed by atoms with Crippen molar-refractivity contribution < 1.29 is 27.2 Å². The lowest BCUT2D eigenvalue weighted by Crippen LogP contribution is -3.00. The first-order valence-corrected chi connectivity index (χ1v) is 5.18. The second-order valence-corrected chi connectivity index (χ2v) is 3.21. The van der Waals surface area contributed by atoms with Gasteiger partial charge in [-0.2, -0.15) is 0 Å². The smallest absolute Gasteiger partial charge is 0.762 e. The molecule has 0 atom stereocenters. The van der Waals surface area contributed by atoms with Crippen LogP contribution in [-0.4, -0.2) is 14.7 Å². The third kappa shape index (κ3) is 5.90. The Labute approximate surface area is 109 Å². The minimum Gasteiger partial charge on any atom is -1.00 e. The quantitative estimate of drug-likeness (QED) is 0.411. The topological polar surface area (TPSA) is 13.1 Å². The molecule has 2 aromatic rings. The van der Waals surface area contributed by atoms with Crippen molar-refractivity contribution in [2.45, 2.75) is 0 Å². The highest BCUT2D eigenvalue weighted by molar-refractivity contribution is 6.33. The Kier molecular flexibility index (Phi) is 8.00. The normalized spacial score (nSPS) is 8.63. The maximum atomic E-state index is 9.67. The average Bonchev–Trinajstić information content (AvgIpc) is 2.39. The van der Waals surface area contributed by atoms with E-state index in [2.05, 4.69) is 12.1 Å². The summed E-state index contributed by atoms with van der Waals surface area (Å²) in [7, 11) is -2.01. The highest BCUT2D eigenvalue weighted by Crippen LogP contribution is 2.12. The summed E-state index contributed by atoms with van der Waals surface area (Å²) < 4.78 is 30.7. The standard InChI is InChI=1S/C12H12NO.BF3.FH/c1-14-13-10-6-5-9-12(13)11-7-3-2-4-8-11;2-1(3)4;/h2-10H,1H3;;1H/q+1;;/p-1. The Hall–Kier alpha value is -2.05. The Morgan fingerprint density at radius 3 is 2.00 bits per heavy atom. The molecule has 102 valence electrons. The molecule has 0 aliphatic rings. The lowest BCUT2D eigenvalue weighted by Gasteiger charge is -1.98. The van der Waals surface area contributed by atoms with Crippen molar-refractivity contribution >= 4 is 7.54 Å². The molecule has 0 fully saturated rings. The Bertz CT molecular complexity index is 468. The van der Waals surface area contributed by atoms with E-state index in [1.807, 2.05) is 42.6 Å². The van der Waals surface area contributed by atoms with Gasteiger partial charge in [0.1, 0.15) is 7.11 Å². The number of rotatable bonds is 2. The van der Waals surface area contributed by atoms with Gasteiger partial charge in [-0.25, -0.2) is 0 Å². The molecule has 2 nitrogen and oxygen atoms in total. The molecule has 0 bridgehead atoms. The minimum atomic E-state index is -3.67. The van der Waals surface area contributed by atoms with Crippen LogP contribution in [0.25, 0.3) is 11.3 Å². The van der Waals surface area contributed by atoms with Gasteiger partial charge >= 0.3 is 7.54 Å². The van der Waals surface area contributed by atoms with Gasteiger partial charge in [-0.15, -0.1) is 0 Å². The number of benzene rings is 1. The molecular formula is C12H12BF4NO. The second-order valence-electron chi connectivity index (χ2n) is 3.21. The first kappa shape index (κ1) is 17.0. The van der Waals surface area contributed by atoms with Gasteiger partial charge in [-0.05, 0) is 18.2 Å². The van der Waals surface area contributed by atoms with Gasteiger partial charge in [0.05, 0.1) is 5.56 Å². The van der Waals surface area contributed by atoms with Crippen LogP contribution in [0.1, 0.15) is 0 Å². The molecular weight excluding hydrogens is 261 g/mol. The van der Waals surface area contributed by atoms with Gasteiger partial charge in [0.2, 0.25) is 6.20 Å². The van der Waals surface area contributed by atoms with Gasteiger partial charge in [0.25, 0.3) is 5.69 Å². The fraction of sp³-hybridized carbons (Fsp3) is 0.0833. The van der Waals surface area contributed by atoms with Crippen molar-refractivity contribution in [1.82, 2.24) is 0 Å². The molecule has 2 rings (SSSR count). The highest BCUT2D eigenvalue weighted by Gasteiger charge is 2.11. The summed E-state index contributed by atoms with van der Waals surface area (Å²) in [6.45, 7) is 0. The van der Waals surface area contributed by atoms with Crippen LogP contribution in [0.4, 0.5) is 12.9 Å². The Morgan fingerprint density at radius 2 is 1.47 bits per heavy atom. The molecule has 0 N–H and O–H groups in total. The lowest BCUT2D eigenvalue weighted by atomic mass is 10.1. The van der Waals surface area contributed by atoms with Gasteiger partial charge < -0.3 is 4.70 Å². The third-order valence-electron chi connectivity index (χ3n) is 2.09. The van der Waals surface area contributed by atoms with Gasteiger partial charge in [0, 0.05) is 16.9 Å². The van der Waals surface area contributed by atoms with E-state index in [0.717, 1.165) is 11.3 Å². The first-order valence-electron chi connectivity index (χ1n) is 5.18. The van der Waals surface area contributed by atoms with E-state index < -0.39 is 7.54 Å². The van der Waals surface area contributed by atoms with E-state index >= 15 is 0 Å². The molecule has 0 saturated carbocycles. The lowest BCUT2D eigenvalue weighted by molar-refractivity contribution is -0.876. The van der Waals surface area contributed by atoms with Crippen LogP contribution < -0.4 is 14.3 Å². The maximum Gasteiger partial charge on any atom is 0.762 e. The molecule has 0 spiro atoms. The van der Waals surface area contributed by atoms with Crippen LogP contribution >= 0.6 is 0 Å². The number of hydrogen-bond donors (Lipinski definition) is 0. The van der Waals surface area contributed by atoms with Crippen LogP contribution in [0, 0.1) is 0 Å². The SMILES string of the molecule is CO[n+]1ccccc1-c1ccccc1.FB(F)F.[F-]. The van der Waals surface area contributed by atoms with Crippen molar-refractivity contribution in [2.24, 2.45) is 0 Å². The van der Waals surface area contributed by atoms with E-state index in [-0.39, 0.29) is 4.70 Å². The predicted octanol–water partition coefficient (Wildman–Crippen LogP) is -0.417. The van der Waals surface area contributed by atoms with Crippen molar-refractivity contribution in [3.8, 4) is 11.3 Å². The van der Waals surface area contributed by atoms with Crippen molar-refractivity contribution in [3.05, 3.63) is 54.7 Å². The summed E-state index contributed by atoms with van der Waals surface area (Å²) in [5.41, 5.74) is 2.20. The summed E-state index contributed by atoms with van der Waals surface area (Å²) in [5.74, 6) is 0. The zero-order valence-corrected chi connectivity index (χ0v) is 10.1. The number of pyridine rings is 1. The molecule has 19 heavy (non-hydrogen) atoms. The fourth-order valence-corrected chi connectivity index (χ4v) is 1.42. The first-order chi connectivity index (χ1) is 8.65. The summed E-state index contributed by atoms with van der Waals surface area (Å²) >= 11 is 0. The predicted molar refractivity (Wildman–Crippen MR) is 63.7 cm³/mol. The molecule has 0 aliphatic heterocycles. The summed E-state index contributed by atoms with van der Waals surface area (Å²) in [6.07, 6.45) is 1.89. The summed E-state index contributed by atoms with van der Waals surface area (Å²) in [4.78, 5) is 5.22. The van der Waals surface area contributed by atoms with Crippen molar-refractivity contribution in [3.63, 3.8) is 0 Å². The number of aromatic nitrogens is 1. The highest BCUT2D eigenvalue weighted by atomic mass is 19.4. The largest absolute Gasteiger partial charge is 1.00 e. The molecule has 1 heterocycles. The molecule has 0 aliphatic carbocycles. The Morgan fingerprint density at radius 1 is 0.947 bits per heavy atom. The maximum absolute atomic E-state index is 9.67. The van der Waals surface area contributed by atoms with Crippen molar-refractivity contribution in [2.75, 3.05) is 7.11 Å². The van der Waals surface area contributed by atoms with Crippen molar-refractivity contribution in [1.29, 1.82) is 0 Å². The van der Waals surface area contributed by atoms with E-state index in [9.17, 15) is 12.9 Å². The van der Waals surface area contributed by atoms with E-state index in [4.69, 9.17) is 4.84 Å². The zero-order valence-electron chi connectivity index (χ0n) is 10.1. The molecule has 0 radical (unpaired) electrons. The van der Waals surface area contributed by atoms with Crippen LogP contribution in [-0.2, 0) is 0 Å². The van der Waals surface area contributed by atoms with Crippen LogP contribution in [0.5, 0.6) is 0 Å². The molecule has 0 unspecified atom stereocenters. The van der Waals surface area contributed by atoms with E-state index in [0.29, 0.717) is 0 Å². The molecule has 0 amide bonds. The summed E-state index contributed by atoms with van der Waals surface area (Å²) in [5, 5.41) is 0. The third-order valence-corrected chi connectivity index (χ3v) is 2.09. The monoisotopic (exact) mass is 273 g/mol. The summed E-state index contributed by atoms with van der Waals surface area (Å²) in [6, 6.07) is 16.1. The van der Waals surface area contributed by atoms with E-state index in [1.165, 1.54) is 0 Å². The second kappa shape index (κ2) is 8.96. The van der Waals surface area contributed by atoms with Gasteiger partial charge in [-0.1, -0.05) is 18.2 Å².